The maximum absolute atomic E-state index is 13.4. The molecule has 0 amide bonds. The summed E-state index contributed by atoms with van der Waals surface area (Å²) < 4.78 is 18.4. The van der Waals surface area contributed by atoms with Crippen molar-refractivity contribution >= 4 is 46.4 Å². The first-order chi connectivity index (χ1) is 14.0. The molecule has 3 rings (SSSR count). The van der Waals surface area contributed by atoms with Gasteiger partial charge in [-0.1, -0.05) is 11.6 Å². The Balaban J connectivity index is 1.88. The second-order valence-electron chi connectivity index (χ2n) is 5.95. The van der Waals surface area contributed by atoms with Gasteiger partial charge in [0, 0.05) is 37.0 Å². The highest BCUT2D eigenvalue weighted by molar-refractivity contribution is 7.17. The molecule has 0 saturated heterocycles. The maximum Gasteiger partial charge on any atom is 0.345 e. The first kappa shape index (κ1) is 21.0. The molecule has 0 atom stereocenters. The third kappa shape index (κ3) is 5.41. The van der Waals surface area contributed by atoms with Crippen molar-refractivity contribution in [3.63, 3.8) is 0 Å². The van der Waals surface area contributed by atoms with Gasteiger partial charge in [-0.3, -0.25) is 0 Å². The summed E-state index contributed by atoms with van der Waals surface area (Å²) in [5, 5.41) is 15.4. The van der Waals surface area contributed by atoms with E-state index in [0.717, 1.165) is 22.6 Å². The molecule has 0 aliphatic heterocycles. The normalized spacial score (nSPS) is 10.7. The monoisotopic (exact) mass is 436 g/mol. The molecular formula is C19H18ClFN4O3S. The lowest BCUT2D eigenvalue weighted by molar-refractivity contribution is 0.0702. The zero-order valence-electron chi connectivity index (χ0n) is 15.4. The number of rotatable bonds is 9. The minimum Gasteiger partial charge on any atom is -0.477 e. The van der Waals surface area contributed by atoms with Crippen LogP contribution in [0.3, 0.4) is 0 Å². The Labute approximate surface area is 175 Å². The predicted octanol–water partition coefficient (Wildman–Crippen LogP) is 4.89. The van der Waals surface area contributed by atoms with Crippen molar-refractivity contribution in [1.82, 2.24) is 9.97 Å². The van der Waals surface area contributed by atoms with Gasteiger partial charge in [0.1, 0.15) is 16.5 Å². The quantitative estimate of drug-likeness (QED) is 0.411. The van der Waals surface area contributed by atoms with Crippen LogP contribution in [0.15, 0.2) is 36.5 Å². The van der Waals surface area contributed by atoms with Crippen LogP contribution in [0.4, 0.5) is 21.8 Å². The van der Waals surface area contributed by atoms with E-state index in [2.05, 4.69) is 20.6 Å². The fraction of sp³-hybridized carbons (Fsp3) is 0.211. The van der Waals surface area contributed by atoms with Crippen LogP contribution in [0.1, 0.15) is 16.1 Å². The highest BCUT2D eigenvalue weighted by atomic mass is 35.5. The summed E-state index contributed by atoms with van der Waals surface area (Å²) in [5.74, 6) is -0.657. The molecule has 7 nitrogen and oxygen atoms in total. The number of hydrogen-bond donors (Lipinski definition) is 3. The van der Waals surface area contributed by atoms with Crippen molar-refractivity contribution in [3.05, 3.63) is 52.2 Å². The van der Waals surface area contributed by atoms with Crippen LogP contribution in [0.25, 0.3) is 10.4 Å². The van der Waals surface area contributed by atoms with E-state index in [9.17, 15) is 9.18 Å². The van der Waals surface area contributed by atoms with E-state index in [-0.39, 0.29) is 9.90 Å². The smallest absolute Gasteiger partial charge is 0.345 e. The average Bonchev–Trinajstić information content (AvgIpc) is 3.19. The third-order valence-corrected chi connectivity index (χ3v) is 5.26. The predicted molar refractivity (Wildman–Crippen MR) is 112 cm³/mol. The molecule has 0 aliphatic rings. The van der Waals surface area contributed by atoms with Crippen LogP contribution in [0, 0.1) is 5.82 Å². The molecule has 0 saturated carbocycles. The molecule has 3 N–H and O–H groups in total. The molecule has 0 spiro atoms. The number of hydrogen-bond acceptors (Lipinski definition) is 7. The first-order valence-electron chi connectivity index (χ1n) is 8.63. The molecule has 29 heavy (non-hydrogen) atoms. The van der Waals surface area contributed by atoms with Crippen molar-refractivity contribution in [2.24, 2.45) is 0 Å². The molecule has 2 aromatic heterocycles. The molecule has 0 radical (unpaired) electrons. The molecule has 1 aromatic carbocycles. The number of halogens is 2. The summed E-state index contributed by atoms with van der Waals surface area (Å²) in [6.07, 6.45) is 2.37. The van der Waals surface area contributed by atoms with Crippen molar-refractivity contribution < 1.29 is 19.0 Å². The van der Waals surface area contributed by atoms with Gasteiger partial charge in [0.25, 0.3) is 0 Å². The van der Waals surface area contributed by atoms with Crippen LogP contribution in [0.5, 0.6) is 0 Å². The fourth-order valence-electron chi connectivity index (χ4n) is 2.48. The highest BCUT2D eigenvalue weighted by Gasteiger charge is 2.14. The Morgan fingerprint density at radius 1 is 1.34 bits per heavy atom. The SMILES string of the molecule is COCCCNc1nc(Nc2ccc(F)c(Cl)c2)ncc1-c1ccc(C(=O)O)s1. The van der Waals surface area contributed by atoms with E-state index < -0.39 is 11.8 Å². The van der Waals surface area contributed by atoms with Gasteiger partial charge >= 0.3 is 5.97 Å². The van der Waals surface area contributed by atoms with Crippen LogP contribution in [-0.4, -0.2) is 41.3 Å². The lowest BCUT2D eigenvalue weighted by Crippen LogP contribution is -2.09. The number of ether oxygens (including phenoxy) is 1. The number of thiophene rings is 1. The number of carbonyl (C=O) groups is 1. The van der Waals surface area contributed by atoms with Gasteiger partial charge in [-0.25, -0.2) is 14.2 Å². The number of aromatic carboxylic acids is 1. The van der Waals surface area contributed by atoms with E-state index in [0.29, 0.717) is 36.2 Å². The number of anilines is 3. The van der Waals surface area contributed by atoms with Crippen molar-refractivity contribution in [3.8, 4) is 10.4 Å². The van der Waals surface area contributed by atoms with Gasteiger partial charge in [0.15, 0.2) is 0 Å². The van der Waals surface area contributed by atoms with Crippen LogP contribution >= 0.6 is 22.9 Å². The molecule has 0 unspecified atom stereocenters. The minimum atomic E-state index is -0.983. The van der Waals surface area contributed by atoms with Gasteiger partial charge in [-0.15, -0.1) is 11.3 Å². The highest BCUT2D eigenvalue weighted by Crippen LogP contribution is 2.33. The molecule has 10 heteroatoms. The largest absolute Gasteiger partial charge is 0.477 e. The number of carboxylic acid groups (broad SMARTS) is 1. The Hall–Kier alpha value is -2.75. The van der Waals surface area contributed by atoms with Gasteiger partial charge < -0.3 is 20.5 Å². The number of benzene rings is 1. The van der Waals surface area contributed by atoms with Gasteiger partial charge in [0.2, 0.25) is 5.95 Å². The summed E-state index contributed by atoms with van der Waals surface area (Å²) in [6, 6.07) is 7.49. The second kappa shape index (κ2) is 9.64. The number of aromatic nitrogens is 2. The Morgan fingerprint density at radius 2 is 2.17 bits per heavy atom. The number of nitrogens with one attached hydrogen (secondary N) is 2. The fourth-order valence-corrected chi connectivity index (χ4v) is 3.52. The van der Waals surface area contributed by atoms with Gasteiger partial charge in [-0.2, -0.15) is 4.98 Å². The average molecular weight is 437 g/mol. The number of carboxylic acids is 1. The van der Waals surface area contributed by atoms with Crippen molar-refractivity contribution in [2.75, 3.05) is 30.9 Å². The van der Waals surface area contributed by atoms with E-state index in [1.807, 2.05) is 0 Å². The summed E-state index contributed by atoms with van der Waals surface area (Å²) in [6.45, 7) is 1.20. The molecule has 0 aliphatic carbocycles. The van der Waals surface area contributed by atoms with Gasteiger partial charge in [-0.05, 0) is 36.8 Å². The molecule has 0 fully saturated rings. The summed E-state index contributed by atoms with van der Waals surface area (Å²) in [7, 11) is 1.63. The van der Waals surface area contributed by atoms with E-state index in [1.54, 1.807) is 25.4 Å². The summed E-state index contributed by atoms with van der Waals surface area (Å²) in [4.78, 5) is 20.9. The summed E-state index contributed by atoms with van der Waals surface area (Å²) >= 11 is 6.96. The molecule has 3 aromatic rings. The Bertz CT molecular complexity index is 1010. The molecular weight excluding hydrogens is 419 g/mol. The third-order valence-electron chi connectivity index (χ3n) is 3.86. The molecule has 0 bridgehead atoms. The molecule has 152 valence electrons. The minimum absolute atomic E-state index is 0.00989. The lowest BCUT2D eigenvalue weighted by Gasteiger charge is -2.12. The number of nitrogens with zero attached hydrogens (tertiary/aromatic N) is 2. The maximum atomic E-state index is 13.4. The zero-order chi connectivity index (χ0) is 20.8. The first-order valence-corrected chi connectivity index (χ1v) is 9.83. The van der Waals surface area contributed by atoms with Gasteiger partial charge in [0.05, 0.1) is 10.6 Å². The van der Waals surface area contributed by atoms with Crippen LogP contribution in [0.2, 0.25) is 5.02 Å². The van der Waals surface area contributed by atoms with Crippen LogP contribution in [-0.2, 0) is 4.74 Å². The summed E-state index contributed by atoms with van der Waals surface area (Å²) in [5.41, 5.74) is 1.22. The van der Waals surface area contributed by atoms with Crippen molar-refractivity contribution in [1.29, 1.82) is 0 Å². The van der Waals surface area contributed by atoms with Crippen LogP contribution < -0.4 is 10.6 Å². The van der Waals surface area contributed by atoms with E-state index in [4.69, 9.17) is 21.4 Å². The number of methoxy groups -OCH3 is 1. The topological polar surface area (TPSA) is 96.4 Å². The Kier molecular flexibility index (Phi) is 6.97. The lowest BCUT2D eigenvalue weighted by atomic mass is 10.2. The van der Waals surface area contributed by atoms with E-state index in [1.165, 1.54) is 18.2 Å². The van der Waals surface area contributed by atoms with Crippen molar-refractivity contribution in [2.45, 2.75) is 6.42 Å². The standard InChI is InChI=1S/C19H18ClFN4O3S/c1-28-8-2-7-22-17-12(15-5-6-16(29-15)18(26)27)10-23-19(25-17)24-11-3-4-14(21)13(20)9-11/h3-6,9-10H,2,7-8H2,1H3,(H,26,27)(H2,22,23,24,25). The second-order valence-corrected chi connectivity index (χ2v) is 7.44. The van der Waals surface area contributed by atoms with E-state index >= 15 is 0 Å². The molecule has 2 heterocycles. The Morgan fingerprint density at radius 3 is 2.86 bits per heavy atom. The zero-order valence-corrected chi connectivity index (χ0v) is 17.0.